The average molecular weight is 349 g/mol. The molecule has 1 atom stereocenters. The van der Waals surface area contributed by atoms with Crippen molar-refractivity contribution >= 4 is 21.6 Å². The summed E-state index contributed by atoms with van der Waals surface area (Å²) in [6.45, 7) is 1.50. The molecular weight excluding hydrogens is 334 g/mol. The molecule has 126 valence electrons. The van der Waals surface area contributed by atoms with E-state index in [4.69, 9.17) is 5.73 Å². The number of amides is 1. The van der Waals surface area contributed by atoms with Gasteiger partial charge in [0.15, 0.2) is 0 Å². The van der Waals surface area contributed by atoms with E-state index in [0.717, 1.165) is 6.07 Å². The molecule has 24 heavy (non-hydrogen) atoms. The molecule has 0 saturated carbocycles. The molecule has 0 aromatic heterocycles. The molecule has 0 heterocycles. The second-order valence-corrected chi connectivity index (χ2v) is 6.76. The molecule has 2 aromatic carbocycles. The molecule has 0 radical (unpaired) electrons. The lowest BCUT2D eigenvalue weighted by molar-refractivity contribution is -0.385. The molecule has 0 bridgehead atoms. The number of aryl methyl sites for hydroxylation is 1. The Labute approximate surface area is 138 Å². The number of carbonyl (C=O) groups excluding carboxylic acids is 1. The van der Waals surface area contributed by atoms with Crippen LogP contribution in [-0.2, 0) is 14.8 Å². The summed E-state index contributed by atoms with van der Waals surface area (Å²) < 4.78 is 27.4. The normalized spacial score (nSPS) is 12.5. The summed E-state index contributed by atoms with van der Waals surface area (Å²) in [5.41, 5.74) is 5.61. The van der Waals surface area contributed by atoms with Gasteiger partial charge in [-0.1, -0.05) is 36.4 Å². The van der Waals surface area contributed by atoms with Gasteiger partial charge in [0.25, 0.3) is 5.69 Å². The predicted octanol–water partition coefficient (Wildman–Crippen LogP) is 1.41. The topological polar surface area (TPSA) is 132 Å². The van der Waals surface area contributed by atoms with E-state index < -0.39 is 26.9 Å². The third kappa shape index (κ3) is 3.76. The van der Waals surface area contributed by atoms with Gasteiger partial charge in [0, 0.05) is 12.1 Å². The quantitative estimate of drug-likeness (QED) is 0.601. The first kappa shape index (κ1) is 17.6. The van der Waals surface area contributed by atoms with Gasteiger partial charge in [-0.05, 0) is 18.1 Å². The number of nitrogens with zero attached hydrogens (tertiary/aromatic N) is 1. The first-order chi connectivity index (χ1) is 11.2. The van der Waals surface area contributed by atoms with Crippen LogP contribution in [0.5, 0.6) is 0 Å². The lowest BCUT2D eigenvalue weighted by Gasteiger charge is -2.17. The van der Waals surface area contributed by atoms with Gasteiger partial charge >= 0.3 is 0 Å². The van der Waals surface area contributed by atoms with Gasteiger partial charge in [0.1, 0.15) is 6.04 Å². The molecule has 0 aliphatic rings. The molecule has 9 heteroatoms. The number of nitro benzene ring substituents is 1. The zero-order valence-corrected chi connectivity index (χ0v) is 13.5. The summed E-state index contributed by atoms with van der Waals surface area (Å²) in [4.78, 5) is 21.5. The Morgan fingerprint density at radius 2 is 1.83 bits per heavy atom. The van der Waals surface area contributed by atoms with Crippen molar-refractivity contribution < 1.29 is 18.1 Å². The molecule has 0 aliphatic heterocycles. The number of nitrogens with one attached hydrogen (secondary N) is 1. The van der Waals surface area contributed by atoms with Crippen LogP contribution in [-0.4, -0.2) is 19.2 Å². The van der Waals surface area contributed by atoms with Crippen molar-refractivity contribution in [3.05, 3.63) is 69.8 Å². The SMILES string of the molecule is Cc1ccc([N+](=O)[O-])cc1S(=O)(=O)N[C@H](C(N)=O)c1ccccc1. The Morgan fingerprint density at radius 3 is 2.38 bits per heavy atom. The minimum Gasteiger partial charge on any atom is -0.368 e. The molecule has 8 nitrogen and oxygen atoms in total. The van der Waals surface area contributed by atoms with Crippen LogP contribution in [0.3, 0.4) is 0 Å². The van der Waals surface area contributed by atoms with Crippen molar-refractivity contribution in [2.75, 3.05) is 0 Å². The lowest BCUT2D eigenvalue weighted by Crippen LogP contribution is -2.37. The van der Waals surface area contributed by atoms with Crippen LogP contribution < -0.4 is 10.5 Å². The second kappa shape index (κ2) is 6.77. The summed E-state index contributed by atoms with van der Waals surface area (Å²) >= 11 is 0. The second-order valence-electron chi connectivity index (χ2n) is 5.07. The monoisotopic (exact) mass is 349 g/mol. The van der Waals surface area contributed by atoms with Crippen LogP contribution in [0.2, 0.25) is 0 Å². The first-order valence-corrected chi connectivity index (χ1v) is 8.32. The molecule has 0 saturated heterocycles. The largest absolute Gasteiger partial charge is 0.368 e. The zero-order chi connectivity index (χ0) is 17.9. The molecule has 0 aliphatic carbocycles. The van der Waals surface area contributed by atoms with Crippen LogP contribution in [0.15, 0.2) is 53.4 Å². The number of sulfonamides is 1. The summed E-state index contributed by atoms with van der Waals surface area (Å²) in [6, 6.07) is 10.3. The molecule has 2 rings (SSSR count). The Balaban J connectivity index is 2.45. The maximum Gasteiger partial charge on any atom is 0.270 e. The Bertz CT molecular complexity index is 881. The third-order valence-corrected chi connectivity index (χ3v) is 4.93. The van der Waals surface area contributed by atoms with Gasteiger partial charge in [-0.2, -0.15) is 4.72 Å². The number of non-ortho nitro benzene ring substituents is 1. The number of rotatable bonds is 6. The number of hydrogen-bond acceptors (Lipinski definition) is 5. The summed E-state index contributed by atoms with van der Waals surface area (Å²) in [5.74, 6) is -0.882. The predicted molar refractivity (Wildman–Crippen MR) is 86.5 cm³/mol. The van der Waals surface area contributed by atoms with Crippen molar-refractivity contribution in [1.82, 2.24) is 4.72 Å². The van der Waals surface area contributed by atoms with E-state index in [1.54, 1.807) is 30.3 Å². The van der Waals surface area contributed by atoms with Gasteiger partial charge in [-0.15, -0.1) is 0 Å². The van der Waals surface area contributed by atoms with Gasteiger partial charge in [0.2, 0.25) is 15.9 Å². The van der Waals surface area contributed by atoms with Gasteiger partial charge in [0.05, 0.1) is 9.82 Å². The highest BCUT2D eigenvalue weighted by atomic mass is 32.2. The molecule has 0 spiro atoms. The first-order valence-electron chi connectivity index (χ1n) is 6.84. The average Bonchev–Trinajstić information content (AvgIpc) is 2.53. The molecule has 0 fully saturated rings. The van der Waals surface area contributed by atoms with E-state index in [0.29, 0.717) is 11.1 Å². The summed E-state index contributed by atoms with van der Waals surface area (Å²) in [6.07, 6.45) is 0. The maximum absolute atomic E-state index is 12.6. The molecule has 2 aromatic rings. The van der Waals surface area contributed by atoms with Crippen LogP contribution in [0.1, 0.15) is 17.2 Å². The maximum atomic E-state index is 12.6. The van der Waals surface area contributed by atoms with E-state index in [1.807, 2.05) is 0 Å². The highest BCUT2D eigenvalue weighted by Crippen LogP contribution is 2.23. The minimum atomic E-state index is -4.19. The molecular formula is C15H15N3O5S. The lowest BCUT2D eigenvalue weighted by atomic mass is 10.1. The molecule has 0 unspecified atom stereocenters. The zero-order valence-electron chi connectivity index (χ0n) is 12.7. The fourth-order valence-electron chi connectivity index (χ4n) is 2.15. The van der Waals surface area contributed by atoms with Gasteiger partial charge in [-0.3, -0.25) is 14.9 Å². The highest BCUT2D eigenvalue weighted by Gasteiger charge is 2.27. The minimum absolute atomic E-state index is 0.279. The number of hydrogen-bond donors (Lipinski definition) is 2. The van der Waals surface area contributed by atoms with Gasteiger partial charge in [-0.25, -0.2) is 8.42 Å². The number of nitro groups is 1. The van der Waals surface area contributed by atoms with Crippen LogP contribution in [0.25, 0.3) is 0 Å². The molecule has 3 N–H and O–H groups in total. The van der Waals surface area contributed by atoms with Gasteiger partial charge < -0.3 is 5.73 Å². The summed E-state index contributed by atoms with van der Waals surface area (Å²) in [5, 5.41) is 10.9. The Hall–Kier alpha value is -2.78. The third-order valence-electron chi connectivity index (χ3n) is 3.36. The van der Waals surface area contributed by atoms with E-state index in [9.17, 15) is 23.3 Å². The Kier molecular flexibility index (Phi) is 4.96. The van der Waals surface area contributed by atoms with Crippen molar-refractivity contribution in [3.63, 3.8) is 0 Å². The van der Waals surface area contributed by atoms with E-state index in [-0.39, 0.29) is 10.6 Å². The van der Waals surface area contributed by atoms with Crippen molar-refractivity contribution in [3.8, 4) is 0 Å². The fraction of sp³-hybridized carbons (Fsp3) is 0.133. The number of benzene rings is 2. The number of primary amides is 1. The standard InChI is InChI=1S/C15H15N3O5S/c1-10-7-8-12(18(20)21)9-13(10)24(22,23)17-14(15(16)19)11-5-3-2-4-6-11/h2-9,14,17H,1H3,(H2,16,19)/t14-/m0/s1. The van der Waals surface area contributed by atoms with E-state index in [2.05, 4.69) is 4.72 Å². The van der Waals surface area contributed by atoms with Crippen LogP contribution >= 0.6 is 0 Å². The smallest absolute Gasteiger partial charge is 0.270 e. The molecule has 1 amide bonds. The van der Waals surface area contributed by atoms with Crippen molar-refractivity contribution in [1.29, 1.82) is 0 Å². The van der Waals surface area contributed by atoms with E-state index in [1.165, 1.54) is 19.1 Å². The van der Waals surface area contributed by atoms with Crippen LogP contribution in [0, 0.1) is 17.0 Å². The highest BCUT2D eigenvalue weighted by molar-refractivity contribution is 7.89. The van der Waals surface area contributed by atoms with Crippen molar-refractivity contribution in [2.45, 2.75) is 17.9 Å². The number of carbonyl (C=O) groups is 1. The fourth-order valence-corrected chi connectivity index (χ4v) is 3.60. The Morgan fingerprint density at radius 1 is 1.21 bits per heavy atom. The van der Waals surface area contributed by atoms with Crippen molar-refractivity contribution in [2.24, 2.45) is 5.73 Å². The van der Waals surface area contributed by atoms with Crippen LogP contribution in [0.4, 0.5) is 5.69 Å². The number of nitrogens with two attached hydrogens (primary N) is 1. The summed E-state index contributed by atoms with van der Waals surface area (Å²) in [7, 11) is -4.19. The van der Waals surface area contributed by atoms with E-state index >= 15 is 0 Å².